The van der Waals surface area contributed by atoms with Gasteiger partial charge in [0.05, 0.1) is 6.61 Å². The molecule has 10 heavy (non-hydrogen) atoms. The van der Waals surface area contributed by atoms with E-state index < -0.39 is 0 Å². The second kappa shape index (κ2) is 2.62. The summed E-state index contributed by atoms with van der Waals surface area (Å²) in [5, 5.41) is 8.75. The Morgan fingerprint density at radius 3 is 2.70 bits per heavy atom. The molecule has 4 heteroatoms. The van der Waals surface area contributed by atoms with Crippen LogP contribution < -0.4 is 0 Å². The maximum atomic E-state index is 10.8. The predicted octanol–water partition coefficient (Wildman–Crippen LogP) is -0.701. The van der Waals surface area contributed by atoms with E-state index in [9.17, 15) is 4.79 Å². The Morgan fingerprint density at radius 1 is 1.90 bits per heavy atom. The van der Waals surface area contributed by atoms with Gasteiger partial charge in [-0.1, -0.05) is 6.92 Å². The lowest BCUT2D eigenvalue weighted by atomic mass is 10.0. The third-order valence-electron chi connectivity index (χ3n) is 1.99. The standard InChI is InChI=1S/C6H10BNO2/c1-4-2-6(10)8(7)5(4)3-9/h4-5,9H,2-3H2,1H3. The van der Waals surface area contributed by atoms with E-state index >= 15 is 0 Å². The second-order valence-corrected chi connectivity index (χ2v) is 2.73. The summed E-state index contributed by atoms with van der Waals surface area (Å²) >= 11 is 0. The molecule has 1 amide bonds. The molecule has 0 aromatic heterocycles. The van der Waals surface area contributed by atoms with Crippen LogP contribution in [0.2, 0.25) is 0 Å². The smallest absolute Gasteiger partial charge is 0.230 e. The summed E-state index contributed by atoms with van der Waals surface area (Å²) in [5.74, 6) is 0.106. The van der Waals surface area contributed by atoms with Crippen LogP contribution in [-0.4, -0.2) is 36.5 Å². The first-order valence-electron chi connectivity index (χ1n) is 3.34. The van der Waals surface area contributed by atoms with E-state index in [1.165, 1.54) is 0 Å². The largest absolute Gasteiger partial charge is 0.394 e. The maximum Gasteiger partial charge on any atom is 0.230 e. The van der Waals surface area contributed by atoms with Crippen molar-refractivity contribution in [2.45, 2.75) is 19.4 Å². The zero-order valence-electron chi connectivity index (χ0n) is 5.95. The fraction of sp³-hybridized carbons (Fsp3) is 0.833. The van der Waals surface area contributed by atoms with Crippen molar-refractivity contribution < 1.29 is 9.90 Å². The van der Waals surface area contributed by atoms with Gasteiger partial charge >= 0.3 is 0 Å². The number of hydrogen-bond donors (Lipinski definition) is 1. The van der Waals surface area contributed by atoms with Gasteiger partial charge in [-0.25, -0.2) is 0 Å². The predicted molar refractivity (Wildman–Crippen MR) is 37.3 cm³/mol. The molecule has 3 nitrogen and oxygen atoms in total. The van der Waals surface area contributed by atoms with E-state index in [2.05, 4.69) is 0 Å². The molecule has 54 valence electrons. The molecule has 2 atom stereocenters. The van der Waals surface area contributed by atoms with Crippen LogP contribution >= 0.6 is 0 Å². The molecule has 2 unspecified atom stereocenters. The van der Waals surface area contributed by atoms with Crippen molar-refractivity contribution in [1.29, 1.82) is 0 Å². The fourth-order valence-corrected chi connectivity index (χ4v) is 1.24. The normalized spacial score (nSPS) is 33.4. The van der Waals surface area contributed by atoms with Gasteiger partial charge in [0, 0.05) is 12.5 Å². The zero-order valence-corrected chi connectivity index (χ0v) is 5.95. The minimum Gasteiger partial charge on any atom is -0.394 e. The Labute approximate surface area is 61.4 Å². The van der Waals surface area contributed by atoms with Crippen molar-refractivity contribution >= 4 is 13.9 Å². The third-order valence-corrected chi connectivity index (χ3v) is 1.99. The van der Waals surface area contributed by atoms with Gasteiger partial charge in [0.1, 0.15) is 0 Å². The maximum absolute atomic E-state index is 10.8. The minimum atomic E-state index is -0.174. The summed E-state index contributed by atoms with van der Waals surface area (Å²) in [6.45, 7) is 1.87. The number of hydrogen-bond acceptors (Lipinski definition) is 2. The van der Waals surface area contributed by atoms with E-state index in [0.29, 0.717) is 6.42 Å². The van der Waals surface area contributed by atoms with Crippen LogP contribution in [0.3, 0.4) is 0 Å². The molecule has 0 saturated carbocycles. The van der Waals surface area contributed by atoms with E-state index in [0.717, 1.165) is 4.81 Å². The van der Waals surface area contributed by atoms with Gasteiger partial charge in [-0.2, -0.15) is 0 Å². The number of carbonyl (C=O) groups excluding carboxylic acids is 1. The molecular formula is C6H10BNO2. The highest BCUT2D eigenvalue weighted by molar-refractivity contribution is 6.15. The Hall–Kier alpha value is -0.505. The molecule has 0 aliphatic carbocycles. The molecule has 1 fully saturated rings. The first-order valence-corrected chi connectivity index (χ1v) is 3.34. The van der Waals surface area contributed by atoms with Gasteiger partial charge in [-0.05, 0) is 5.92 Å². The molecule has 1 heterocycles. The van der Waals surface area contributed by atoms with Crippen molar-refractivity contribution in [2.75, 3.05) is 6.61 Å². The zero-order chi connectivity index (χ0) is 7.72. The van der Waals surface area contributed by atoms with Crippen LogP contribution in [0, 0.1) is 5.92 Å². The van der Waals surface area contributed by atoms with E-state index in [-0.39, 0.29) is 24.5 Å². The first kappa shape index (κ1) is 7.60. The van der Waals surface area contributed by atoms with Gasteiger partial charge in [0.15, 0.2) is 0 Å². The summed E-state index contributed by atoms with van der Waals surface area (Å²) in [6, 6.07) is -0.174. The number of aliphatic hydroxyl groups is 1. The summed E-state index contributed by atoms with van der Waals surface area (Å²) in [5.41, 5.74) is 0. The lowest BCUT2D eigenvalue weighted by Gasteiger charge is -2.20. The van der Waals surface area contributed by atoms with Crippen LogP contribution in [0.1, 0.15) is 13.3 Å². The highest BCUT2D eigenvalue weighted by Gasteiger charge is 2.32. The van der Waals surface area contributed by atoms with Crippen LogP contribution in [0.5, 0.6) is 0 Å². The van der Waals surface area contributed by atoms with Crippen LogP contribution in [0.25, 0.3) is 0 Å². The van der Waals surface area contributed by atoms with Crippen LogP contribution in [0.4, 0.5) is 0 Å². The molecule has 2 radical (unpaired) electrons. The molecule has 0 aromatic rings. The highest BCUT2D eigenvalue weighted by Crippen LogP contribution is 2.21. The average Bonchev–Trinajstić information content (AvgIpc) is 2.09. The van der Waals surface area contributed by atoms with Crippen molar-refractivity contribution in [3.63, 3.8) is 0 Å². The summed E-state index contributed by atoms with van der Waals surface area (Å²) in [4.78, 5) is 12.0. The third kappa shape index (κ3) is 1.03. The minimum absolute atomic E-state index is 0.0383. The molecule has 1 aliphatic heterocycles. The summed E-state index contributed by atoms with van der Waals surface area (Å²) < 4.78 is 0. The van der Waals surface area contributed by atoms with Gasteiger partial charge in [0.2, 0.25) is 13.9 Å². The van der Waals surface area contributed by atoms with E-state index in [1.54, 1.807) is 0 Å². The average molecular weight is 139 g/mol. The van der Waals surface area contributed by atoms with Crippen molar-refractivity contribution in [1.82, 2.24) is 4.81 Å². The number of carbonyl (C=O) groups is 1. The summed E-state index contributed by atoms with van der Waals surface area (Å²) in [6.07, 6.45) is 0.460. The number of nitrogens with zero attached hydrogens (tertiary/aromatic N) is 1. The molecular weight excluding hydrogens is 129 g/mol. The van der Waals surface area contributed by atoms with Crippen molar-refractivity contribution in [2.24, 2.45) is 5.92 Å². The molecule has 1 rings (SSSR count). The summed E-state index contributed by atoms with van der Waals surface area (Å²) in [7, 11) is 5.35. The fourth-order valence-electron chi connectivity index (χ4n) is 1.24. The topological polar surface area (TPSA) is 40.5 Å². The van der Waals surface area contributed by atoms with Crippen molar-refractivity contribution in [3.8, 4) is 0 Å². The lowest BCUT2D eigenvalue weighted by molar-refractivity contribution is -0.124. The molecule has 1 saturated heterocycles. The highest BCUT2D eigenvalue weighted by atomic mass is 16.3. The van der Waals surface area contributed by atoms with Gasteiger partial charge < -0.3 is 9.92 Å². The van der Waals surface area contributed by atoms with Crippen LogP contribution in [0.15, 0.2) is 0 Å². The van der Waals surface area contributed by atoms with Gasteiger partial charge in [0.25, 0.3) is 0 Å². The molecule has 1 N–H and O–H groups in total. The first-order chi connectivity index (χ1) is 4.66. The van der Waals surface area contributed by atoms with E-state index in [1.807, 2.05) is 6.92 Å². The Bertz CT molecular complexity index is 151. The SMILES string of the molecule is [B]N1C(=O)CC(C)C1CO. The van der Waals surface area contributed by atoms with Gasteiger partial charge in [-0.15, -0.1) is 0 Å². The van der Waals surface area contributed by atoms with Crippen molar-refractivity contribution in [3.05, 3.63) is 0 Å². The Kier molecular flexibility index (Phi) is 1.99. The quantitative estimate of drug-likeness (QED) is 0.488. The number of rotatable bonds is 1. The van der Waals surface area contributed by atoms with Gasteiger partial charge in [-0.3, -0.25) is 4.79 Å². The monoisotopic (exact) mass is 139 g/mol. The molecule has 1 aliphatic rings. The van der Waals surface area contributed by atoms with E-state index in [4.69, 9.17) is 13.1 Å². The molecule has 0 spiro atoms. The Morgan fingerprint density at radius 2 is 2.50 bits per heavy atom. The van der Waals surface area contributed by atoms with Crippen LogP contribution in [-0.2, 0) is 4.79 Å². The Balaban J connectivity index is 2.64. The molecule has 0 bridgehead atoms. The lowest BCUT2D eigenvalue weighted by Crippen LogP contribution is -2.35. The number of amides is 1. The molecule has 0 aromatic carbocycles. The number of aliphatic hydroxyl groups excluding tert-OH is 1. The second-order valence-electron chi connectivity index (χ2n) is 2.73.